The van der Waals surface area contributed by atoms with Crippen molar-refractivity contribution in [2.45, 2.75) is 58.5 Å². The second kappa shape index (κ2) is 14.8. The number of hydrogen-bond donors (Lipinski definition) is 0. The molecule has 4 aromatic carbocycles. The van der Waals surface area contributed by atoms with Gasteiger partial charge in [0, 0.05) is 0 Å². The molecule has 0 saturated heterocycles. The Morgan fingerprint density at radius 2 is 1.00 bits per heavy atom. The minimum atomic E-state index is -4.21. The molecule has 0 heterocycles. The summed E-state index contributed by atoms with van der Waals surface area (Å²) in [4.78, 5) is 0. The highest BCUT2D eigenvalue weighted by molar-refractivity contribution is 7.79. The molecule has 4 rings (SSSR count). The van der Waals surface area contributed by atoms with Crippen molar-refractivity contribution < 1.29 is 22.6 Å². The second-order valence-electron chi connectivity index (χ2n) is 12.2. The summed E-state index contributed by atoms with van der Waals surface area (Å²) < 4.78 is 46.3. The molecular formula is C37H42F3O2P. The van der Waals surface area contributed by atoms with Crippen LogP contribution in [0.15, 0.2) is 116 Å². The highest BCUT2D eigenvalue weighted by atomic mass is 31.1. The van der Waals surface area contributed by atoms with Crippen LogP contribution in [0.3, 0.4) is 0 Å². The zero-order valence-electron chi connectivity index (χ0n) is 25.9. The van der Waals surface area contributed by atoms with Crippen LogP contribution in [0.5, 0.6) is 5.75 Å². The van der Waals surface area contributed by atoms with Crippen LogP contribution in [-0.2, 0) is 21.7 Å². The number of benzene rings is 4. The van der Waals surface area contributed by atoms with E-state index in [1.165, 1.54) is 45.4 Å². The molecule has 43 heavy (non-hydrogen) atoms. The SMILES string of the molecule is C=COCCOc1ccc(P(c2ccc(C(C)(C)C)cc2)c2ccc(C(C)(C)C)cc2)cc1.FC(F)(F)c1ccccc1. The van der Waals surface area contributed by atoms with Gasteiger partial charge < -0.3 is 9.47 Å². The van der Waals surface area contributed by atoms with E-state index >= 15 is 0 Å². The number of rotatable bonds is 8. The van der Waals surface area contributed by atoms with Gasteiger partial charge >= 0.3 is 6.18 Å². The minimum absolute atomic E-state index is 0.143. The van der Waals surface area contributed by atoms with E-state index in [0.717, 1.165) is 17.9 Å². The van der Waals surface area contributed by atoms with Gasteiger partial charge in [0.25, 0.3) is 0 Å². The molecule has 0 amide bonds. The number of hydrogen-bond acceptors (Lipinski definition) is 2. The Bertz CT molecular complexity index is 1340. The number of halogens is 3. The van der Waals surface area contributed by atoms with E-state index in [-0.39, 0.29) is 10.8 Å². The third-order valence-electron chi connectivity index (χ3n) is 6.77. The molecule has 0 N–H and O–H groups in total. The van der Waals surface area contributed by atoms with Crippen molar-refractivity contribution in [2.24, 2.45) is 0 Å². The third-order valence-corrected chi connectivity index (χ3v) is 9.21. The molecule has 0 spiro atoms. The molecule has 0 saturated carbocycles. The van der Waals surface area contributed by atoms with Crippen LogP contribution < -0.4 is 20.7 Å². The van der Waals surface area contributed by atoms with Crippen LogP contribution in [0.25, 0.3) is 0 Å². The summed E-state index contributed by atoms with van der Waals surface area (Å²) in [6, 6.07) is 33.2. The van der Waals surface area contributed by atoms with E-state index in [0.29, 0.717) is 13.2 Å². The predicted molar refractivity (Wildman–Crippen MR) is 176 cm³/mol. The molecule has 6 heteroatoms. The van der Waals surface area contributed by atoms with Gasteiger partial charge in [0.2, 0.25) is 0 Å². The molecule has 0 unspecified atom stereocenters. The quantitative estimate of drug-likeness (QED) is 0.113. The van der Waals surface area contributed by atoms with Gasteiger partial charge in [-0.1, -0.05) is 139 Å². The Kier molecular flexibility index (Phi) is 11.6. The second-order valence-corrected chi connectivity index (χ2v) is 14.4. The van der Waals surface area contributed by atoms with Crippen LogP contribution in [0.4, 0.5) is 13.2 Å². The first-order valence-electron chi connectivity index (χ1n) is 14.3. The van der Waals surface area contributed by atoms with Crippen LogP contribution in [0, 0.1) is 0 Å². The molecule has 0 atom stereocenters. The van der Waals surface area contributed by atoms with Gasteiger partial charge in [-0.2, -0.15) is 13.2 Å². The monoisotopic (exact) mass is 606 g/mol. The van der Waals surface area contributed by atoms with Gasteiger partial charge in [0.05, 0.1) is 11.8 Å². The number of ether oxygens (including phenoxy) is 2. The molecule has 228 valence electrons. The lowest BCUT2D eigenvalue weighted by Gasteiger charge is -2.24. The van der Waals surface area contributed by atoms with Gasteiger partial charge in [-0.05, 0) is 57.9 Å². The Balaban J connectivity index is 0.000000428. The van der Waals surface area contributed by atoms with Crippen LogP contribution >= 0.6 is 7.92 Å². The third kappa shape index (κ3) is 10.3. The van der Waals surface area contributed by atoms with E-state index in [1.807, 2.05) is 0 Å². The van der Waals surface area contributed by atoms with Crippen LogP contribution in [0.2, 0.25) is 0 Å². The first-order chi connectivity index (χ1) is 20.2. The molecule has 0 aromatic heterocycles. The van der Waals surface area contributed by atoms with Gasteiger partial charge in [-0.3, -0.25) is 0 Å². The maximum absolute atomic E-state index is 11.8. The van der Waals surface area contributed by atoms with Crippen molar-refractivity contribution in [2.75, 3.05) is 13.2 Å². The van der Waals surface area contributed by atoms with Crippen molar-refractivity contribution in [3.8, 4) is 5.75 Å². The smallest absolute Gasteiger partial charge is 0.416 e. The van der Waals surface area contributed by atoms with Crippen molar-refractivity contribution in [1.82, 2.24) is 0 Å². The van der Waals surface area contributed by atoms with Crippen molar-refractivity contribution in [3.63, 3.8) is 0 Å². The fourth-order valence-corrected chi connectivity index (χ4v) is 6.51. The molecular weight excluding hydrogens is 564 g/mol. The van der Waals surface area contributed by atoms with Crippen molar-refractivity contribution in [1.29, 1.82) is 0 Å². The minimum Gasteiger partial charge on any atom is -0.498 e. The average molecular weight is 607 g/mol. The summed E-state index contributed by atoms with van der Waals surface area (Å²) in [5.41, 5.74) is 2.40. The Labute approximate surface area is 256 Å². The zero-order chi connectivity index (χ0) is 31.7. The van der Waals surface area contributed by atoms with E-state index in [9.17, 15) is 13.2 Å². The lowest BCUT2D eigenvalue weighted by molar-refractivity contribution is -0.137. The molecule has 2 nitrogen and oxygen atoms in total. The summed E-state index contributed by atoms with van der Waals surface area (Å²) >= 11 is 0. The van der Waals surface area contributed by atoms with Gasteiger partial charge in [0.1, 0.15) is 19.0 Å². The summed E-state index contributed by atoms with van der Waals surface area (Å²) in [5, 5.41) is 4.02. The summed E-state index contributed by atoms with van der Waals surface area (Å²) in [6.45, 7) is 18.1. The van der Waals surface area contributed by atoms with Crippen LogP contribution in [-0.4, -0.2) is 13.2 Å². The summed E-state index contributed by atoms with van der Waals surface area (Å²) in [7, 11) is -0.667. The molecule has 0 radical (unpaired) electrons. The Morgan fingerprint density at radius 1 is 0.581 bits per heavy atom. The summed E-state index contributed by atoms with van der Waals surface area (Å²) in [5.74, 6) is 0.854. The zero-order valence-corrected chi connectivity index (χ0v) is 26.8. The number of alkyl halides is 3. The molecule has 0 aliphatic rings. The first kappa shape index (κ1) is 33.9. The standard InChI is InChI=1S/C30H37O2P.C7H5F3/c1-8-31-21-22-32-25-13-19-28(20-14-25)33(26-15-9-23(10-16-26)29(2,3)4)27-17-11-24(12-18-27)30(5,6)7;8-7(9,10)6-4-2-1-3-5-6/h8-20H,1,21-22H2,2-7H3;1-5H. The van der Waals surface area contributed by atoms with E-state index in [4.69, 9.17) is 9.47 Å². The van der Waals surface area contributed by atoms with Gasteiger partial charge in [0.15, 0.2) is 0 Å². The lowest BCUT2D eigenvalue weighted by atomic mass is 9.87. The largest absolute Gasteiger partial charge is 0.498 e. The van der Waals surface area contributed by atoms with E-state index < -0.39 is 19.7 Å². The van der Waals surface area contributed by atoms with Gasteiger partial charge in [-0.15, -0.1) is 0 Å². The predicted octanol–water partition coefficient (Wildman–Crippen LogP) is 9.28. The van der Waals surface area contributed by atoms with E-state index in [1.54, 1.807) is 6.07 Å². The highest BCUT2D eigenvalue weighted by Gasteiger charge is 2.29. The summed E-state index contributed by atoms with van der Waals surface area (Å²) in [6.07, 6.45) is -2.77. The van der Waals surface area contributed by atoms with Crippen LogP contribution in [0.1, 0.15) is 58.2 Å². The average Bonchev–Trinajstić information content (AvgIpc) is 2.96. The Morgan fingerprint density at radius 3 is 1.35 bits per heavy atom. The fourth-order valence-electron chi connectivity index (χ4n) is 4.28. The molecule has 0 fully saturated rings. The maximum Gasteiger partial charge on any atom is 0.416 e. The topological polar surface area (TPSA) is 18.5 Å². The van der Waals surface area contributed by atoms with E-state index in [2.05, 4.69) is 121 Å². The Hall–Kier alpha value is -3.56. The lowest BCUT2D eigenvalue weighted by Crippen LogP contribution is -2.22. The van der Waals surface area contributed by atoms with Crippen molar-refractivity contribution in [3.05, 3.63) is 133 Å². The van der Waals surface area contributed by atoms with Crippen molar-refractivity contribution >= 4 is 23.8 Å². The normalized spacial score (nSPS) is 11.9. The molecule has 4 aromatic rings. The van der Waals surface area contributed by atoms with Gasteiger partial charge in [-0.25, -0.2) is 0 Å². The molecule has 0 bridgehead atoms. The molecule has 0 aliphatic carbocycles. The fraction of sp³-hybridized carbons (Fsp3) is 0.297. The first-order valence-corrected chi connectivity index (χ1v) is 15.6. The highest BCUT2D eigenvalue weighted by Crippen LogP contribution is 2.35. The maximum atomic E-state index is 11.8. The molecule has 0 aliphatic heterocycles.